The first-order valence-corrected chi connectivity index (χ1v) is 4.97. The number of pyridine rings is 1. The number of carbonyl (C=O) groups is 1. The largest absolute Gasteiger partial charge is 0.294 e. The molecule has 0 amide bonds. The molecule has 0 saturated carbocycles. The smallest absolute Gasteiger partial charge is 0.161 e. The van der Waals surface area contributed by atoms with Gasteiger partial charge in [0, 0.05) is 18.0 Å². The van der Waals surface area contributed by atoms with Gasteiger partial charge in [0.2, 0.25) is 0 Å². The Morgan fingerprint density at radius 3 is 2.69 bits per heavy atom. The molecule has 1 rings (SSSR count). The van der Waals surface area contributed by atoms with E-state index in [1.807, 2.05) is 19.1 Å². The molecule has 0 aliphatic rings. The van der Waals surface area contributed by atoms with Crippen LogP contribution in [0, 0.1) is 0 Å². The molecular formula is C13H14N2O. The molecule has 16 heavy (non-hydrogen) atoms. The highest BCUT2D eigenvalue weighted by molar-refractivity contribution is 6.07. The molecule has 0 fully saturated rings. The second-order valence-electron chi connectivity index (χ2n) is 3.19. The highest BCUT2D eigenvalue weighted by Gasteiger charge is 2.03. The van der Waals surface area contributed by atoms with Crippen LogP contribution in [0.15, 0.2) is 48.3 Å². The van der Waals surface area contributed by atoms with Crippen molar-refractivity contribution in [1.29, 1.82) is 0 Å². The summed E-state index contributed by atoms with van der Waals surface area (Å²) in [7, 11) is 0. The minimum Gasteiger partial charge on any atom is -0.294 e. The van der Waals surface area contributed by atoms with Crippen molar-refractivity contribution in [2.24, 2.45) is 4.99 Å². The van der Waals surface area contributed by atoms with Gasteiger partial charge in [-0.15, -0.1) is 0 Å². The number of aromatic nitrogens is 1. The number of ketones is 1. The van der Waals surface area contributed by atoms with Crippen LogP contribution in [-0.4, -0.2) is 16.5 Å². The van der Waals surface area contributed by atoms with Crippen molar-refractivity contribution >= 4 is 11.5 Å². The second kappa shape index (κ2) is 5.75. The van der Waals surface area contributed by atoms with Crippen molar-refractivity contribution in [1.82, 2.24) is 4.98 Å². The summed E-state index contributed by atoms with van der Waals surface area (Å²) in [6.45, 7) is 6.97. The zero-order chi connectivity index (χ0) is 12.0. The number of nitrogens with zero attached hydrogens (tertiary/aromatic N) is 2. The van der Waals surface area contributed by atoms with Gasteiger partial charge in [-0.2, -0.15) is 0 Å². The van der Waals surface area contributed by atoms with E-state index in [1.54, 1.807) is 18.3 Å². The van der Waals surface area contributed by atoms with Gasteiger partial charge in [-0.3, -0.25) is 14.8 Å². The molecule has 3 nitrogen and oxygen atoms in total. The predicted octanol–water partition coefficient (Wildman–Crippen LogP) is 2.79. The van der Waals surface area contributed by atoms with Crippen molar-refractivity contribution in [3.05, 3.63) is 54.5 Å². The third-order valence-corrected chi connectivity index (χ3v) is 1.99. The number of Topliss-reactive ketones (excluding diaryl/α,β-unsaturated/α-hetero) is 1. The third-order valence-electron chi connectivity index (χ3n) is 1.99. The van der Waals surface area contributed by atoms with Gasteiger partial charge in [0.1, 0.15) is 0 Å². The molecular weight excluding hydrogens is 200 g/mol. The molecule has 0 atom stereocenters. The number of rotatable bonds is 4. The molecule has 3 heteroatoms. The highest BCUT2D eigenvalue weighted by atomic mass is 16.1. The molecule has 1 heterocycles. The van der Waals surface area contributed by atoms with Crippen LogP contribution in [-0.2, 0) is 0 Å². The molecule has 0 radical (unpaired) electrons. The zero-order valence-corrected chi connectivity index (χ0v) is 9.47. The van der Waals surface area contributed by atoms with Crippen molar-refractivity contribution in [3.8, 4) is 0 Å². The zero-order valence-electron chi connectivity index (χ0n) is 9.47. The van der Waals surface area contributed by atoms with E-state index in [0.717, 1.165) is 11.4 Å². The first-order valence-electron chi connectivity index (χ1n) is 4.97. The van der Waals surface area contributed by atoms with Gasteiger partial charge < -0.3 is 0 Å². The van der Waals surface area contributed by atoms with Gasteiger partial charge in [0.05, 0.1) is 11.4 Å². The lowest BCUT2D eigenvalue weighted by molar-refractivity contribution is 0.101. The number of hydrogen-bond donors (Lipinski definition) is 0. The quantitative estimate of drug-likeness (QED) is 0.571. The van der Waals surface area contributed by atoms with Gasteiger partial charge in [-0.05, 0) is 32.1 Å². The number of hydrogen-bond acceptors (Lipinski definition) is 3. The topological polar surface area (TPSA) is 42.3 Å². The summed E-state index contributed by atoms with van der Waals surface area (Å²) in [6.07, 6.45) is 6.75. The summed E-state index contributed by atoms with van der Waals surface area (Å²) in [4.78, 5) is 19.4. The van der Waals surface area contributed by atoms with E-state index in [2.05, 4.69) is 16.6 Å². The Morgan fingerprint density at radius 2 is 2.25 bits per heavy atom. The third kappa shape index (κ3) is 2.98. The van der Waals surface area contributed by atoms with E-state index >= 15 is 0 Å². The van der Waals surface area contributed by atoms with Gasteiger partial charge in [-0.25, -0.2) is 0 Å². The average Bonchev–Trinajstić information content (AvgIpc) is 2.29. The van der Waals surface area contributed by atoms with Crippen molar-refractivity contribution in [2.75, 3.05) is 0 Å². The SMILES string of the molecule is C=CN=C(/C=C\C)c1ccc(C(C)=O)cn1. The van der Waals surface area contributed by atoms with Crippen LogP contribution in [0.25, 0.3) is 0 Å². The Bertz CT molecular complexity index is 442. The van der Waals surface area contributed by atoms with E-state index in [9.17, 15) is 4.79 Å². The molecule has 0 aliphatic heterocycles. The highest BCUT2D eigenvalue weighted by Crippen LogP contribution is 2.04. The van der Waals surface area contributed by atoms with Gasteiger partial charge in [0.25, 0.3) is 0 Å². The Hall–Kier alpha value is -2.03. The van der Waals surface area contributed by atoms with Gasteiger partial charge in [0.15, 0.2) is 5.78 Å². The summed E-state index contributed by atoms with van der Waals surface area (Å²) >= 11 is 0. The molecule has 0 aliphatic carbocycles. The Morgan fingerprint density at radius 1 is 1.50 bits per heavy atom. The summed E-state index contributed by atoms with van der Waals surface area (Å²) in [5, 5.41) is 0. The van der Waals surface area contributed by atoms with E-state index < -0.39 is 0 Å². The minimum atomic E-state index is 0.00675. The summed E-state index contributed by atoms with van der Waals surface area (Å²) < 4.78 is 0. The number of allylic oxidation sites excluding steroid dienone is 2. The van der Waals surface area contributed by atoms with Crippen molar-refractivity contribution in [3.63, 3.8) is 0 Å². The fraction of sp³-hybridized carbons (Fsp3) is 0.154. The first-order chi connectivity index (χ1) is 7.69. The molecule has 0 N–H and O–H groups in total. The van der Waals surface area contributed by atoms with Crippen LogP contribution in [0.5, 0.6) is 0 Å². The Labute approximate surface area is 95.2 Å². The minimum absolute atomic E-state index is 0.00675. The summed E-state index contributed by atoms with van der Waals surface area (Å²) in [5.41, 5.74) is 2.05. The molecule has 0 unspecified atom stereocenters. The molecule has 0 spiro atoms. The molecule has 0 saturated heterocycles. The predicted molar refractivity (Wildman–Crippen MR) is 65.8 cm³/mol. The molecule has 0 aromatic carbocycles. The van der Waals surface area contributed by atoms with E-state index in [-0.39, 0.29) is 5.78 Å². The van der Waals surface area contributed by atoms with Crippen LogP contribution in [0.3, 0.4) is 0 Å². The second-order valence-corrected chi connectivity index (χ2v) is 3.19. The van der Waals surface area contributed by atoms with E-state index in [4.69, 9.17) is 0 Å². The maximum Gasteiger partial charge on any atom is 0.161 e. The van der Waals surface area contributed by atoms with Crippen LogP contribution in [0.1, 0.15) is 29.9 Å². The van der Waals surface area contributed by atoms with Crippen LogP contribution < -0.4 is 0 Å². The lowest BCUT2D eigenvalue weighted by Crippen LogP contribution is -2.02. The standard InChI is InChI=1S/C13H14N2O/c1-4-6-12(14-5-2)13-8-7-11(9-15-13)10(3)16/h4-9H,2H2,1,3H3/b6-4-,14-12?. The number of carbonyl (C=O) groups excluding carboxylic acids is 1. The van der Waals surface area contributed by atoms with Crippen molar-refractivity contribution < 1.29 is 4.79 Å². The normalized spacial score (nSPS) is 11.8. The van der Waals surface area contributed by atoms with Gasteiger partial charge >= 0.3 is 0 Å². The van der Waals surface area contributed by atoms with Gasteiger partial charge in [-0.1, -0.05) is 12.7 Å². The van der Waals surface area contributed by atoms with E-state index in [1.165, 1.54) is 13.1 Å². The van der Waals surface area contributed by atoms with E-state index in [0.29, 0.717) is 5.56 Å². The van der Waals surface area contributed by atoms with Crippen molar-refractivity contribution in [2.45, 2.75) is 13.8 Å². The maximum atomic E-state index is 11.1. The fourth-order valence-corrected chi connectivity index (χ4v) is 1.20. The Kier molecular flexibility index (Phi) is 4.33. The van der Waals surface area contributed by atoms with Crippen LogP contribution in [0.2, 0.25) is 0 Å². The molecule has 1 aromatic rings. The molecule has 1 aromatic heterocycles. The molecule has 0 bridgehead atoms. The van der Waals surface area contributed by atoms with Crippen LogP contribution >= 0.6 is 0 Å². The lowest BCUT2D eigenvalue weighted by atomic mass is 10.1. The summed E-state index contributed by atoms with van der Waals surface area (Å²) in [6, 6.07) is 3.52. The maximum absolute atomic E-state index is 11.1. The fourth-order valence-electron chi connectivity index (χ4n) is 1.20. The lowest BCUT2D eigenvalue weighted by Gasteiger charge is -2.00. The molecule has 82 valence electrons. The average molecular weight is 214 g/mol. The number of aliphatic imine (C=N–C) groups is 1. The summed E-state index contributed by atoms with van der Waals surface area (Å²) in [5.74, 6) is 0.00675. The monoisotopic (exact) mass is 214 g/mol. The first kappa shape index (κ1) is 12.0. The Balaban J connectivity index is 3.08. The van der Waals surface area contributed by atoms with Crippen LogP contribution in [0.4, 0.5) is 0 Å².